The standard InChI is InChI=1S/C26H34N8O/c1-18(2)34-17-22(15-28-34)25-19(3)14-27-26(30-25)29-23-9-8-20-10-12-33(16-21(20)13-23)31-24(35)7-6-11-32(4)5/h6-9,13-15,17-18H,10-12,16H2,1-5H3,(H,31,35)(H,27,29,30)/b7-6+. The van der Waals surface area contributed by atoms with Crippen LogP contribution in [0.4, 0.5) is 11.6 Å². The molecule has 0 saturated heterocycles. The molecule has 3 heterocycles. The third-order valence-corrected chi connectivity index (χ3v) is 5.86. The van der Waals surface area contributed by atoms with Gasteiger partial charge in [0.1, 0.15) is 0 Å². The Kier molecular flexibility index (Phi) is 7.57. The number of aromatic nitrogens is 4. The predicted octanol–water partition coefficient (Wildman–Crippen LogP) is 3.48. The van der Waals surface area contributed by atoms with Crippen LogP contribution in [-0.4, -0.2) is 62.7 Å². The number of rotatable bonds is 8. The number of carbonyl (C=O) groups is 1. The number of aryl methyl sites for hydroxylation is 1. The molecule has 1 aliphatic rings. The maximum absolute atomic E-state index is 12.2. The highest BCUT2D eigenvalue weighted by Crippen LogP contribution is 2.26. The summed E-state index contributed by atoms with van der Waals surface area (Å²) in [4.78, 5) is 23.5. The summed E-state index contributed by atoms with van der Waals surface area (Å²) in [7, 11) is 3.94. The van der Waals surface area contributed by atoms with E-state index in [-0.39, 0.29) is 11.9 Å². The molecule has 0 spiro atoms. The molecule has 3 aromatic rings. The largest absolute Gasteiger partial charge is 0.324 e. The molecule has 0 radical (unpaired) electrons. The Morgan fingerprint density at radius 2 is 2.06 bits per heavy atom. The van der Waals surface area contributed by atoms with E-state index in [1.165, 1.54) is 11.1 Å². The molecule has 4 rings (SSSR count). The molecule has 1 aromatic carbocycles. The quantitative estimate of drug-likeness (QED) is 0.483. The summed E-state index contributed by atoms with van der Waals surface area (Å²) in [6.45, 7) is 8.35. The monoisotopic (exact) mass is 474 g/mol. The van der Waals surface area contributed by atoms with Crippen molar-refractivity contribution < 1.29 is 4.79 Å². The van der Waals surface area contributed by atoms with Crippen molar-refractivity contribution in [3.8, 4) is 11.3 Å². The van der Waals surface area contributed by atoms with Gasteiger partial charge in [0, 0.05) is 55.4 Å². The van der Waals surface area contributed by atoms with Gasteiger partial charge in [-0.25, -0.2) is 15.0 Å². The second-order valence-electron chi connectivity index (χ2n) is 9.45. The summed E-state index contributed by atoms with van der Waals surface area (Å²) in [5, 5.41) is 9.75. The van der Waals surface area contributed by atoms with Crippen molar-refractivity contribution in [2.24, 2.45) is 0 Å². The number of amides is 1. The molecule has 184 valence electrons. The molecule has 2 N–H and O–H groups in total. The summed E-state index contributed by atoms with van der Waals surface area (Å²) < 4.78 is 1.93. The van der Waals surface area contributed by atoms with Crippen LogP contribution in [0.2, 0.25) is 0 Å². The lowest BCUT2D eigenvalue weighted by Crippen LogP contribution is -2.44. The van der Waals surface area contributed by atoms with Crippen molar-refractivity contribution in [2.45, 2.75) is 39.8 Å². The Bertz CT molecular complexity index is 1210. The van der Waals surface area contributed by atoms with Crippen LogP contribution >= 0.6 is 0 Å². The third-order valence-electron chi connectivity index (χ3n) is 5.86. The highest BCUT2D eigenvalue weighted by molar-refractivity contribution is 5.87. The number of carbonyl (C=O) groups excluding carboxylic acids is 1. The van der Waals surface area contributed by atoms with Crippen molar-refractivity contribution >= 4 is 17.5 Å². The van der Waals surface area contributed by atoms with Gasteiger partial charge in [-0.3, -0.25) is 14.9 Å². The highest BCUT2D eigenvalue weighted by atomic mass is 16.2. The van der Waals surface area contributed by atoms with Crippen molar-refractivity contribution in [3.05, 3.63) is 65.6 Å². The van der Waals surface area contributed by atoms with E-state index < -0.39 is 0 Å². The lowest BCUT2D eigenvalue weighted by molar-refractivity contribution is -0.121. The maximum atomic E-state index is 12.2. The van der Waals surface area contributed by atoms with Crippen LogP contribution < -0.4 is 10.7 Å². The first-order valence-electron chi connectivity index (χ1n) is 11.9. The normalized spacial score (nSPS) is 14.0. The molecular weight excluding hydrogens is 440 g/mol. The molecule has 0 unspecified atom stereocenters. The molecule has 1 amide bonds. The lowest BCUT2D eigenvalue weighted by atomic mass is 10.00. The van der Waals surface area contributed by atoms with Gasteiger partial charge >= 0.3 is 0 Å². The zero-order valence-electron chi connectivity index (χ0n) is 21.1. The van der Waals surface area contributed by atoms with E-state index in [4.69, 9.17) is 4.98 Å². The van der Waals surface area contributed by atoms with Gasteiger partial charge < -0.3 is 10.2 Å². The zero-order chi connectivity index (χ0) is 24.9. The van der Waals surface area contributed by atoms with Gasteiger partial charge in [-0.15, -0.1) is 0 Å². The molecule has 2 aromatic heterocycles. The molecule has 9 heteroatoms. The fourth-order valence-corrected chi connectivity index (χ4v) is 3.96. The van der Waals surface area contributed by atoms with Crippen LogP contribution in [0, 0.1) is 6.92 Å². The number of nitrogens with one attached hydrogen (secondary N) is 2. The van der Waals surface area contributed by atoms with E-state index in [1.54, 1.807) is 6.08 Å². The zero-order valence-corrected chi connectivity index (χ0v) is 21.1. The fraction of sp³-hybridized carbons (Fsp3) is 0.385. The molecule has 0 atom stereocenters. The SMILES string of the molecule is Cc1cnc(Nc2ccc3c(c2)CN(NC(=O)/C=C/CN(C)C)CC3)nc1-c1cnn(C(C)C)c1. The van der Waals surface area contributed by atoms with Gasteiger partial charge in [-0.2, -0.15) is 5.10 Å². The number of nitrogens with zero attached hydrogens (tertiary/aromatic N) is 6. The van der Waals surface area contributed by atoms with Crippen LogP contribution in [-0.2, 0) is 17.8 Å². The third kappa shape index (κ3) is 6.32. The van der Waals surface area contributed by atoms with E-state index >= 15 is 0 Å². The first kappa shape index (κ1) is 24.6. The minimum absolute atomic E-state index is 0.106. The van der Waals surface area contributed by atoms with Gasteiger partial charge in [0.15, 0.2) is 0 Å². The summed E-state index contributed by atoms with van der Waals surface area (Å²) in [5.74, 6) is 0.431. The first-order chi connectivity index (χ1) is 16.8. The Hall–Kier alpha value is -3.56. The van der Waals surface area contributed by atoms with Crippen molar-refractivity contribution in [2.75, 3.05) is 32.5 Å². The molecule has 9 nitrogen and oxygen atoms in total. The number of likely N-dealkylation sites (N-methyl/N-ethyl adjacent to an activating group) is 1. The second-order valence-corrected chi connectivity index (χ2v) is 9.45. The minimum Gasteiger partial charge on any atom is -0.324 e. The van der Waals surface area contributed by atoms with Crippen LogP contribution in [0.1, 0.15) is 36.6 Å². The average Bonchev–Trinajstić information content (AvgIpc) is 3.30. The molecule has 0 saturated carbocycles. The van der Waals surface area contributed by atoms with Crippen molar-refractivity contribution in [1.82, 2.24) is 35.1 Å². The number of anilines is 2. The predicted molar refractivity (Wildman–Crippen MR) is 138 cm³/mol. The Labute approximate surface area is 206 Å². The Balaban J connectivity index is 1.45. The molecule has 1 aliphatic heterocycles. The molecule has 0 fully saturated rings. The van der Waals surface area contributed by atoms with Gasteiger partial charge in [-0.05, 0) is 70.1 Å². The Morgan fingerprint density at radius 3 is 2.80 bits per heavy atom. The fourth-order valence-electron chi connectivity index (χ4n) is 3.96. The van der Waals surface area contributed by atoms with Gasteiger partial charge in [-0.1, -0.05) is 12.1 Å². The maximum Gasteiger partial charge on any atom is 0.258 e. The molecule has 0 bridgehead atoms. The van der Waals surface area contributed by atoms with Crippen LogP contribution in [0.15, 0.2) is 48.9 Å². The topological polar surface area (TPSA) is 91.2 Å². The molecule has 35 heavy (non-hydrogen) atoms. The van der Waals surface area contributed by atoms with E-state index in [0.717, 1.165) is 42.0 Å². The first-order valence-corrected chi connectivity index (χ1v) is 11.9. The van der Waals surface area contributed by atoms with E-state index in [0.29, 0.717) is 12.5 Å². The highest BCUT2D eigenvalue weighted by Gasteiger charge is 2.18. The van der Waals surface area contributed by atoms with E-state index in [2.05, 4.69) is 52.9 Å². The van der Waals surface area contributed by atoms with Crippen LogP contribution in [0.5, 0.6) is 0 Å². The molecule has 0 aliphatic carbocycles. The number of benzene rings is 1. The summed E-state index contributed by atoms with van der Waals surface area (Å²) in [5.41, 5.74) is 9.18. The minimum atomic E-state index is -0.106. The van der Waals surface area contributed by atoms with Crippen LogP contribution in [0.3, 0.4) is 0 Å². The summed E-state index contributed by atoms with van der Waals surface area (Å²) in [6.07, 6.45) is 10.0. The second kappa shape index (κ2) is 10.8. The van der Waals surface area contributed by atoms with Crippen LogP contribution in [0.25, 0.3) is 11.3 Å². The van der Waals surface area contributed by atoms with Gasteiger partial charge in [0.05, 0.1) is 11.9 Å². The van der Waals surface area contributed by atoms with E-state index in [1.807, 2.05) is 60.3 Å². The average molecular weight is 475 g/mol. The Morgan fingerprint density at radius 1 is 1.23 bits per heavy atom. The van der Waals surface area contributed by atoms with Gasteiger partial charge in [0.2, 0.25) is 5.95 Å². The summed E-state index contributed by atoms with van der Waals surface area (Å²) >= 11 is 0. The molecular formula is C26H34N8O. The number of fused-ring (bicyclic) bond motifs is 1. The smallest absolute Gasteiger partial charge is 0.258 e. The number of hydrogen-bond acceptors (Lipinski definition) is 7. The van der Waals surface area contributed by atoms with E-state index in [9.17, 15) is 4.79 Å². The lowest BCUT2D eigenvalue weighted by Gasteiger charge is -2.29. The van der Waals surface area contributed by atoms with Crippen molar-refractivity contribution in [3.63, 3.8) is 0 Å². The number of hydrogen-bond donors (Lipinski definition) is 2. The van der Waals surface area contributed by atoms with Crippen molar-refractivity contribution in [1.29, 1.82) is 0 Å². The van der Waals surface area contributed by atoms with Gasteiger partial charge in [0.25, 0.3) is 5.91 Å². The summed E-state index contributed by atoms with van der Waals surface area (Å²) in [6, 6.07) is 6.58. The number of hydrazine groups is 1.